The van der Waals surface area contributed by atoms with Gasteiger partial charge < -0.3 is 9.47 Å². The molecular formula is C23H30O3. The van der Waals surface area contributed by atoms with Crippen LogP contribution >= 0.6 is 0 Å². The van der Waals surface area contributed by atoms with Gasteiger partial charge in [-0.2, -0.15) is 0 Å². The van der Waals surface area contributed by atoms with Crippen LogP contribution in [0.15, 0.2) is 48.5 Å². The van der Waals surface area contributed by atoms with Gasteiger partial charge in [-0.05, 0) is 55.2 Å². The molecule has 0 spiro atoms. The van der Waals surface area contributed by atoms with Crippen LogP contribution in [0.4, 0.5) is 0 Å². The predicted molar refractivity (Wildman–Crippen MR) is 106 cm³/mol. The number of rotatable bonds is 11. The molecule has 2 rings (SSSR count). The monoisotopic (exact) mass is 354 g/mol. The Morgan fingerprint density at radius 1 is 0.808 bits per heavy atom. The first kappa shape index (κ1) is 20.0. The molecule has 0 unspecified atom stereocenters. The molecule has 0 N–H and O–H groups in total. The maximum atomic E-state index is 12.6. The van der Waals surface area contributed by atoms with Crippen LogP contribution in [0.25, 0.3) is 0 Å². The SMILES string of the molecule is CCCCCCc1ccccc1C(=O)Oc1ccc(OCCCC)cc1. The van der Waals surface area contributed by atoms with Gasteiger partial charge in [0.25, 0.3) is 0 Å². The number of hydrogen-bond donors (Lipinski definition) is 0. The average Bonchev–Trinajstić information content (AvgIpc) is 2.67. The van der Waals surface area contributed by atoms with E-state index in [1.165, 1.54) is 19.3 Å². The van der Waals surface area contributed by atoms with Crippen LogP contribution in [0.2, 0.25) is 0 Å². The van der Waals surface area contributed by atoms with Gasteiger partial charge in [0.1, 0.15) is 11.5 Å². The number of carbonyl (C=O) groups is 1. The highest BCUT2D eigenvalue weighted by molar-refractivity contribution is 5.92. The summed E-state index contributed by atoms with van der Waals surface area (Å²) in [5.74, 6) is 1.05. The van der Waals surface area contributed by atoms with E-state index in [9.17, 15) is 4.79 Å². The molecule has 0 fully saturated rings. The Morgan fingerprint density at radius 3 is 2.23 bits per heavy atom. The first-order valence-electron chi connectivity index (χ1n) is 9.77. The van der Waals surface area contributed by atoms with Crippen LogP contribution in [0, 0.1) is 0 Å². The molecule has 0 aliphatic heterocycles. The third-order valence-corrected chi connectivity index (χ3v) is 4.34. The molecule has 140 valence electrons. The number of aryl methyl sites for hydroxylation is 1. The molecule has 0 aliphatic rings. The van der Waals surface area contributed by atoms with Gasteiger partial charge in [-0.3, -0.25) is 0 Å². The van der Waals surface area contributed by atoms with Crippen LogP contribution in [-0.4, -0.2) is 12.6 Å². The largest absolute Gasteiger partial charge is 0.494 e. The summed E-state index contributed by atoms with van der Waals surface area (Å²) in [6.45, 7) is 5.04. The van der Waals surface area contributed by atoms with E-state index in [1.807, 2.05) is 36.4 Å². The molecule has 0 aromatic heterocycles. The van der Waals surface area contributed by atoms with E-state index < -0.39 is 0 Å². The highest BCUT2D eigenvalue weighted by Gasteiger charge is 2.13. The van der Waals surface area contributed by atoms with Crippen molar-refractivity contribution < 1.29 is 14.3 Å². The van der Waals surface area contributed by atoms with Crippen molar-refractivity contribution in [3.8, 4) is 11.5 Å². The average molecular weight is 354 g/mol. The van der Waals surface area contributed by atoms with Crippen LogP contribution in [0.5, 0.6) is 11.5 Å². The molecule has 0 saturated heterocycles. The second kappa shape index (κ2) is 11.3. The van der Waals surface area contributed by atoms with E-state index in [-0.39, 0.29) is 5.97 Å². The fourth-order valence-electron chi connectivity index (χ4n) is 2.78. The van der Waals surface area contributed by atoms with Gasteiger partial charge in [-0.15, -0.1) is 0 Å². The fourth-order valence-corrected chi connectivity index (χ4v) is 2.78. The molecule has 0 atom stereocenters. The second-order valence-corrected chi connectivity index (χ2v) is 6.53. The summed E-state index contributed by atoms with van der Waals surface area (Å²) >= 11 is 0. The quantitative estimate of drug-likeness (QED) is 0.273. The summed E-state index contributed by atoms with van der Waals surface area (Å²) < 4.78 is 11.2. The maximum absolute atomic E-state index is 12.6. The second-order valence-electron chi connectivity index (χ2n) is 6.53. The van der Waals surface area contributed by atoms with E-state index in [1.54, 1.807) is 12.1 Å². The minimum absolute atomic E-state index is 0.296. The molecule has 0 bridgehead atoms. The Labute approximate surface area is 157 Å². The summed E-state index contributed by atoms with van der Waals surface area (Å²) in [7, 11) is 0. The van der Waals surface area contributed by atoms with E-state index in [0.717, 1.165) is 37.0 Å². The molecule has 0 amide bonds. The van der Waals surface area contributed by atoms with Crippen LogP contribution < -0.4 is 9.47 Å². The van der Waals surface area contributed by atoms with Crippen molar-refractivity contribution in [2.24, 2.45) is 0 Å². The molecule has 0 saturated carbocycles. The standard InChI is InChI=1S/C23H30O3/c1-3-5-7-8-11-19-12-9-10-13-22(19)23(24)26-21-16-14-20(15-17-21)25-18-6-4-2/h9-10,12-17H,3-8,11,18H2,1-2H3. The van der Waals surface area contributed by atoms with Crippen molar-refractivity contribution in [3.63, 3.8) is 0 Å². The number of ether oxygens (including phenoxy) is 2. The van der Waals surface area contributed by atoms with Crippen LogP contribution in [0.1, 0.15) is 68.3 Å². The Morgan fingerprint density at radius 2 is 1.50 bits per heavy atom. The zero-order valence-electron chi connectivity index (χ0n) is 16.0. The smallest absolute Gasteiger partial charge is 0.343 e. The van der Waals surface area contributed by atoms with E-state index in [4.69, 9.17) is 9.47 Å². The maximum Gasteiger partial charge on any atom is 0.343 e. The van der Waals surface area contributed by atoms with Gasteiger partial charge in [0.05, 0.1) is 12.2 Å². The molecule has 26 heavy (non-hydrogen) atoms. The minimum Gasteiger partial charge on any atom is -0.494 e. The molecule has 0 aliphatic carbocycles. The number of unbranched alkanes of at least 4 members (excludes halogenated alkanes) is 4. The third kappa shape index (κ3) is 6.55. The highest BCUT2D eigenvalue weighted by Crippen LogP contribution is 2.20. The lowest BCUT2D eigenvalue weighted by Crippen LogP contribution is -2.11. The Kier molecular flexibility index (Phi) is 8.74. The van der Waals surface area contributed by atoms with Gasteiger partial charge in [0, 0.05) is 0 Å². The van der Waals surface area contributed by atoms with Gasteiger partial charge >= 0.3 is 5.97 Å². The third-order valence-electron chi connectivity index (χ3n) is 4.34. The Balaban J connectivity index is 1.94. The van der Waals surface area contributed by atoms with Crippen molar-refractivity contribution in [1.82, 2.24) is 0 Å². The lowest BCUT2D eigenvalue weighted by atomic mass is 10.0. The number of benzene rings is 2. The zero-order chi connectivity index (χ0) is 18.6. The predicted octanol–water partition coefficient (Wildman–Crippen LogP) is 6.21. The molecule has 2 aromatic rings. The van der Waals surface area contributed by atoms with Gasteiger partial charge in [0.2, 0.25) is 0 Å². The summed E-state index contributed by atoms with van der Waals surface area (Å²) in [5, 5.41) is 0. The van der Waals surface area contributed by atoms with Crippen molar-refractivity contribution in [3.05, 3.63) is 59.7 Å². The van der Waals surface area contributed by atoms with Crippen molar-refractivity contribution in [2.75, 3.05) is 6.61 Å². The zero-order valence-corrected chi connectivity index (χ0v) is 16.0. The molecule has 2 aromatic carbocycles. The summed E-state index contributed by atoms with van der Waals surface area (Å²) in [6, 6.07) is 15.0. The van der Waals surface area contributed by atoms with Gasteiger partial charge in [-0.1, -0.05) is 57.7 Å². The lowest BCUT2D eigenvalue weighted by molar-refractivity contribution is 0.0733. The molecule has 0 radical (unpaired) electrons. The van der Waals surface area contributed by atoms with Gasteiger partial charge in [-0.25, -0.2) is 4.79 Å². The van der Waals surface area contributed by atoms with Gasteiger partial charge in [0.15, 0.2) is 0 Å². The minimum atomic E-state index is -0.296. The molecule has 0 heterocycles. The summed E-state index contributed by atoms with van der Waals surface area (Å²) in [4.78, 5) is 12.6. The Hall–Kier alpha value is -2.29. The van der Waals surface area contributed by atoms with E-state index in [0.29, 0.717) is 17.9 Å². The fraction of sp³-hybridized carbons (Fsp3) is 0.435. The number of hydrogen-bond acceptors (Lipinski definition) is 3. The lowest BCUT2D eigenvalue weighted by Gasteiger charge is -2.10. The first-order chi connectivity index (χ1) is 12.7. The molecular weight excluding hydrogens is 324 g/mol. The van der Waals surface area contributed by atoms with Crippen molar-refractivity contribution in [2.45, 2.75) is 58.8 Å². The van der Waals surface area contributed by atoms with E-state index in [2.05, 4.69) is 13.8 Å². The normalized spacial score (nSPS) is 10.5. The molecule has 3 heteroatoms. The molecule has 3 nitrogen and oxygen atoms in total. The van der Waals surface area contributed by atoms with Crippen LogP contribution in [-0.2, 0) is 6.42 Å². The number of esters is 1. The van der Waals surface area contributed by atoms with Crippen molar-refractivity contribution >= 4 is 5.97 Å². The van der Waals surface area contributed by atoms with Crippen LogP contribution in [0.3, 0.4) is 0 Å². The Bertz CT molecular complexity index is 661. The van der Waals surface area contributed by atoms with Crippen molar-refractivity contribution in [1.29, 1.82) is 0 Å². The first-order valence-corrected chi connectivity index (χ1v) is 9.77. The van der Waals surface area contributed by atoms with E-state index >= 15 is 0 Å². The number of carbonyl (C=O) groups excluding carboxylic acids is 1. The highest BCUT2D eigenvalue weighted by atomic mass is 16.5. The summed E-state index contributed by atoms with van der Waals surface area (Å²) in [6.07, 6.45) is 7.79. The topological polar surface area (TPSA) is 35.5 Å². The summed E-state index contributed by atoms with van der Waals surface area (Å²) in [5.41, 5.74) is 1.72.